The fourth-order valence-electron chi connectivity index (χ4n) is 5.85. The number of thiophene rings is 1. The van der Waals surface area contributed by atoms with Crippen molar-refractivity contribution in [3.63, 3.8) is 0 Å². The van der Waals surface area contributed by atoms with Crippen LogP contribution in [0.3, 0.4) is 0 Å². The molecule has 0 radical (unpaired) electrons. The second-order valence-electron chi connectivity index (χ2n) is 15.9. The van der Waals surface area contributed by atoms with Gasteiger partial charge >= 0.3 is 5.97 Å². The first-order valence-corrected chi connectivity index (χ1v) is 22.6. The summed E-state index contributed by atoms with van der Waals surface area (Å²) in [7, 11) is -0.596. The van der Waals surface area contributed by atoms with Crippen LogP contribution >= 0.6 is 11.3 Å². The summed E-state index contributed by atoms with van der Waals surface area (Å²) in [5, 5.41) is 7.28. The van der Waals surface area contributed by atoms with Crippen molar-refractivity contribution in [2.75, 3.05) is 13.7 Å². The maximum Gasteiger partial charge on any atom is 0.325 e. The van der Waals surface area contributed by atoms with Gasteiger partial charge in [0, 0.05) is 29.8 Å². The predicted molar refractivity (Wildman–Crippen MR) is 218 cm³/mol. The normalized spacial score (nSPS) is 17.1. The number of methoxy groups -OCH3 is 1. The molecule has 1 aliphatic heterocycles. The lowest BCUT2D eigenvalue weighted by molar-refractivity contribution is -0.154. The molecule has 13 heteroatoms. The van der Waals surface area contributed by atoms with Crippen LogP contribution in [0.25, 0.3) is 6.08 Å². The van der Waals surface area contributed by atoms with Crippen LogP contribution in [0.15, 0.2) is 55.6 Å². The summed E-state index contributed by atoms with van der Waals surface area (Å²) in [5.41, 5.74) is 3.86. The molecule has 0 unspecified atom stereocenters. The third-order valence-electron chi connectivity index (χ3n) is 10.3. The molecular formula is C41H62N4O7SSi. The van der Waals surface area contributed by atoms with E-state index in [4.69, 9.17) is 13.9 Å². The highest BCUT2D eigenvalue weighted by atomic mass is 32.1. The number of benzene rings is 1. The second kappa shape index (κ2) is 20.2. The summed E-state index contributed by atoms with van der Waals surface area (Å²) in [4.78, 5) is 56.9. The Hall–Kier alpha value is -3.78. The zero-order valence-corrected chi connectivity index (χ0v) is 35.5. The number of amides is 3. The molecule has 2 aromatic rings. The maximum atomic E-state index is 14.4. The standard InChI is InChI=1S/C41H62N4O7SSi/c1-12-14-20-35(50-9)28(5)37(46)43-36(27(3)4)38(47)42-34(25-29-17-15-18-30(24-29)52-54(10,11)41(6,7)8)39(48)45-23-16-19-33(44-45)40(49)51-26-32-22-21-31(13-2)53-32/h12-13,15,17-18,21-22,24,27-28,33-36,44H,1-2,14,16,19-20,23,25-26H2,3-11H3,(H,42,47)(H,43,46)/t28-,33+,34+,35-,36+/m1/s1. The largest absolute Gasteiger partial charge is 0.543 e. The van der Waals surface area contributed by atoms with E-state index in [1.807, 2.05) is 50.2 Å². The van der Waals surface area contributed by atoms with Gasteiger partial charge in [-0.15, -0.1) is 17.9 Å². The van der Waals surface area contributed by atoms with Crippen molar-refractivity contribution in [1.82, 2.24) is 21.1 Å². The molecule has 3 rings (SSSR count). The number of nitrogens with one attached hydrogen (secondary N) is 3. The first-order chi connectivity index (χ1) is 25.4. The highest BCUT2D eigenvalue weighted by molar-refractivity contribution is 7.12. The van der Waals surface area contributed by atoms with E-state index in [0.29, 0.717) is 38.0 Å². The number of hydrogen-bond donors (Lipinski definition) is 3. The van der Waals surface area contributed by atoms with Gasteiger partial charge in [-0.1, -0.05) is 72.4 Å². The first-order valence-electron chi connectivity index (χ1n) is 18.9. The molecule has 298 valence electrons. The molecule has 0 bridgehead atoms. The molecule has 0 spiro atoms. The van der Waals surface area contributed by atoms with Crippen molar-refractivity contribution in [1.29, 1.82) is 0 Å². The van der Waals surface area contributed by atoms with E-state index >= 15 is 0 Å². The predicted octanol–water partition coefficient (Wildman–Crippen LogP) is 6.80. The first kappa shape index (κ1) is 44.6. The minimum atomic E-state index is -2.16. The molecule has 0 aliphatic carbocycles. The quantitative estimate of drug-likeness (QED) is 0.0805. The maximum absolute atomic E-state index is 14.4. The Morgan fingerprint density at radius 3 is 2.41 bits per heavy atom. The van der Waals surface area contributed by atoms with Gasteiger partial charge in [-0.05, 0) is 79.6 Å². The zero-order valence-electron chi connectivity index (χ0n) is 33.7. The van der Waals surface area contributed by atoms with Crippen LogP contribution in [0, 0.1) is 11.8 Å². The van der Waals surface area contributed by atoms with Gasteiger partial charge in [0.1, 0.15) is 30.5 Å². The monoisotopic (exact) mass is 782 g/mol. The van der Waals surface area contributed by atoms with Gasteiger partial charge < -0.3 is 24.5 Å². The van der Waals surface area contributed by atoms with E-state index in [-0.39, 0.29) is 36.0 Å². The van der Waals surface area contributed by atoms with Crippen LogP contribution in [-0.4, -0.2) is 74.9 Å². The van der Waals surface area contributed by atoms with Gasteiger partial charge in [-0.25, -0.2) is 5.43 Å². The minimum absolute atomic E-state index is 0.0197. The molecule has 54 heavy (non-hydrogen) atoms. The van der Waals surface area contributed by atoms with Gasteiger partial charge in [0.05, 0.1) is 12.0 Å². The van der Waals surface area contributed by atoms with Crippen LogP contribution in [0.2, 0.25) is 18.1 Å². The smallest absolute Gasteiger partial charge is 0.325 e. The summed E-state index contributed by atoms with van der Waals surface area (Å²) >= 11 is 1.49. The number of allylic oxidation sites excluding steroid dienone is 1. The van der Waals surface area contributed by atoms with Gasteiger partial charge in [-0.2, -0.15) is 0 Å². The SMILES string of the molecule is C=CCC[C@@H](OC)[C@@H](C)C(=O)N[C@H](C(=O)N[C@@H](Cc1cccc(O[Si](C)(C)C(C)(C)C)c1)C(=O)N1CCC[C@@H](C(=O)OCc2ccc(C=C)s2)N1)C(C)C. The Balaban J connectivity index is 1.85. The molecule has 1 aromatic carbocycles. The van der Waals surface area contributed by atoms with Crippen molar-refractivity contribution in [2.45, 2.75) is 123 Å². The van der Waals surface area contributed by atoms with E-state index in [2.05, 4.69) is 63.1 Å². The lowest BCUT2D eigenvalue weighted by atomic mass is 9.96. The summed E-state index contributed by atoms with van der Waals surface area (Å²) in [6, 6.07) is 8.73. The van der Waals surface area contributed by atoms with E-state index in [0.717, 1.165) is 15.3 Å². The molecular weight excluding hydrogens is 721 g/mol. The number of carbonyl (C=O) groups is 4. The van der Waals surface area contributed by atoms with Crippen molar-refractivity contribution in [3.05, 3.63) is 70.9 Å². The summed E-state index contributed by atoms with van der Waals surface area (Å²) in [5.74, 6) is -1.78. The highest BCUT2D eigenvalue weighted by Gasteiger charge is 2.39. The third-order valence-corrected chi connectivity index (χ3v) is 15.7. The highest BCUT2D eigenvalue weighted by Crippen LogP contribution is 2.37. The van der Waals surface area contributed by atoms with E-state index < -0.39 is 50.1 Å². The lowest BCUT2D eigenvalue weighted by Gasteiger charge is -2.36. The van der Waals surface area contributed by atoms with Crippen LogP contribution in [0.4, 0.5) is 0 Å². The fourth-order valence-corrected chi connectivity index (χ4v) is 7.65. The molecule has 0 saturated carbocycles. The second-order valence-corrected chi connectivity index (χ2v) is 21.8. The van der Waals surface area contributed by atoms with Gasteiger partial charge in [0.25, 0.3) is 5.91 Å². The van der Waals surface area contributed by atoms with Crippen LogP contribution in [0.5, 0.6) is 5.75 Å². The number of esters is 1. The van der Waals surface area contributed by atoms with Crippen molar-refractivity contribution in [3.8, 4) is 5.75 Å². The van der Waals surface area contributed by atoms with E-state index in [1.54, 1.807) is 26.2 Å². The Bertz CT molecular complexity index is 1600. The zero-order chi connectivity index (χ0) is 40.2. The van der Waals surface area contributed by atoms with Gasteiger partial charge in [0.2, 0.25) is 20.1 Å². The van der Waals surface area contributed by atoms with Crippen molar-refractivity contribution >= 4 is 49.4 Å². The number of rotatable bonds is 19. The topological polar surface area (TPSA) is 135 Å². The summed E-state index contributed by atoms with van der Waals surface area (Å²) < 4.78 is 17.8. The van der Waals surface area contributed by atoms with Crippen LogP contribution in [0.1, 0.15) is 82.5 Å². The fraction of sp³-hybridized carbons (Fsp3) is 0.561. The Morgan fingerprint density at radius 2 is 1.80 bits per heavy atom. The van der Waals surface area contributed by atoms with Crippen LogP contribution in [-0.2, 0) is 41.7 Å². The molecule has 11 nitrogen and oxygen atoms in total. The molecule has 3 amide bonds. The number of nitrogens with zero attached hydrogens (tertiary/aromatic N) is 1. The molecule has 5 atom stereocenters. The van der Waals surface area contributed by atoms with Gasteiger partial charge in [-0.3, -0.25) is 24.2 Å². The molecule has 2 heterocycles. The Morgan fingerprint density at radius 1 is 1.07 bits per heavy atom. The lowest BCUT2D eigenvalue weighted by Crippen LogP contribution is -2.62. The van der Waals surface area contributed by atoms with Crippen molar-refractivity contribution in [2.24, 2.45) is 11.8 Å². The third kappa shape index (κ3) is 12.6. The Labute approximate surface area is 327 Å². The van der Waals surface area contributed by atoms with Crippen molar-refractivity contribution < 1.29 is 33.1 Å². The Kier molecular flexibility index (Phi) is 16.7. The minimum Gasteiger partial charge on any atom is -0.543 e. The molecule has 3 N–H and O–H groups in total. The number of hydrogen-bond acceptors (Lipinski definition) is 9. The number of ether oxygens (including phenoxy) is 2. The average Bonchev–Trinajstić information content (AvgIpc) is 3.60. The van der Waals surface area contributed by atoms with Crippen LogP contribution < -0.4 is 20.5 Å². The summed E-state index contributed by atoms with van der Waals surface area (Å²) in [6.07, 6.45) is 5.67. The molecule has 1 fully saturated rings. The molecule has 1 saturated heterocycles. The number of hydrazine groups is 1. The molecule has 1 aliphatic rings. The average molecular weight is 783 g/mol. The summed E-state index contributed by atoms with van der Waals surface area (Å²) in [6.45, 7) is 24.3. The number of carbonyl (C=O) groups excluding carboxylic acids is 4. The van der Waals surface area contributed by atoms with E-state index in [9.17, 15) is 19.2 Å². The molecule has 1 aromatic heterocycles. The van der Waals surface area contributed by atoms with Gasteiger partial charge in [0.15, 0.2) is 0 Å². The van der Waals surface area contributed by atoms with E-state index in [1.165, 1.54) is 16.3 Å².